The van der Waals surface area contributed by atoms with Crippen LogP contribution in [0.4, 0.5) is 5.82 Å². The van der Waals surface area contributed by atoms with Crippen LogP contribution in [0.2, 0.25) is 0 Å². The van der Waals surface area contributed by atoms with E-state index < -0.39 is 0 Å². The van der Waals surface area contributed by atoms with Gasteiger partial charge in [0.2, 0.25) is 5.91 Å². The molecule has 1 aliphatic rings. The van der Waals surface area contributed by atoms with E-state index >= 15 is 0 Å². The lowest BCUT2D eigenvalue weighted by Crippen LogP contribution is -2.43. The molecule has 0 spiro atoms. The molecular weight excluding hydrogens is 358 g/mol. The second-order valence-corrected chi connectivity index (χ2v) is 7.00. The summed E-state index contributed by atoms with van der Waals surface area (Å²) in [5.41, 5.74) is 2.25. The number of nitrogens with one attached hydrogen (secondary N) is 1. The van der Waals surface area contributed by atoms with Gasteiger partial charge in [0, 0.05) is 19.6 Å². The first kappa shape index (κ1) is 18.2. The lowest BCUT2D eigenvalue weighted by Gasteiger charge is -2.33. The maximum Gasteiger partial charge on any atom is 0.263 e. The Labute approximate surface area is 162 Å². The van der Waals surface area contributed by atoms with Crippen LogP contribution in [0.25, 0.3) is 11.1 Å². The molecule has 3 aromatic rings. The Balaban J connectivity index is 1.44. The highest BCUT2D eigenvalue weighted by molar-refractivity contribution is 5.88. The lowest BCUT2D eigenvalue weighted by atomic mass is 9.96. The minimum atomic E-state index is -0.0930. The zero-order valence-electron chi connectivity index (χ0n) is 16.0. The molecule has 0 saturated carbocycles. The fourth-order valence-electron chi connectivity index (χ4n) is 3.64. The van der Waals surface area contributed by atoms with Gasteiger partial charge in [0.1, 0.15) is 23.3 Å². The van der Waals surface area contributed by atoms with Gasteiger partial charge in [0.05, 0.1) is 18.7 Å². The van der Waals surface area contributed by atoms with E-state index in [9.17, 15) is 4.79 Å². The van der Waals surface area contributed by atoms with Gasteiger partial charge in [0.25, 0.3) is 5.71 Å². The third-order valence-corrected chi connectivity index (χ3v) is 5.12. The van der Waals surface area contributed by atoms with Gasteiger partial charge in [0.15, 0.2) is 0 Å². The van der Waals surface area contributed by atoms with Gasteiger partial charge in [-0.2, -0.15) is 4.98 Å². The fourth-order valence-corrected chi connectivity index (χ4v) is 3.64. The first-order valence-corrected chi connectivity index (χ1v) is 9.38. The molecule has 0 aliphatic carbocycles. The van der Waals surface area contributed by atoms with Crippen molar-refractivity contribution in [3.05, 3.63) is 41.9 Å². The zero-order valence-corrected chi connectivity index (χ0v) is 16.0. The summed E-state index contributed by atoms with van der Waals surface area (Å²) in [5, 5.41) is 7.86. The maximum absolute atomic E-state index is 12.8. The van der Waals surface area contributed by atoms with Gasteiger partial charge in [-0.3, -0.25) is 4.79 Å². The fraction of sp³-hybridized carbons (Fsp3) is 0.400. The van der Waals surface area contributed by atoms with Gasteiger partial charge in [-0.15, -0.1) is 0 Å². The van der Waals surface area contributed by atoms with Gasteiger partial charge in [-0.05, 0) is 37.5 Å². The molecule has 4 rings (SSSR count). The van der Waals surface area contributed by atoms with Gasteiger partial charge < -0.3 is 19.5 Å². The summed E-state index contributed by atoms with van der Waals surface area (Å²) in [6, 6.07) is 7.71. The summed E-state index contributed by atoms with van der Waals surface area (Å²) in [6.07, 6.45) is 3.26. The SMILES string of the molecule is COc1cccc(CNC(=O)[C@@H]2CCCN(c3ncnc4onc(C)c34)C2)c1. The second kappa shape index (κ2) is 7.84. The highest BCUT2D eigenvalue weighted by atomic mass is 16.5. The lowest BCUT2D eigenvalue weighted by molar-refractivity contribution is -0.125. The van der Waals surface area contributed by atoms with E-state index in [-0.39, 0.29) is 11.8 Å². The smallest absolute Gasteiger partial charge is 0.263 e. The summed E-state index contributed by atoms with van der Waals surface area (Å²) in [6.45, 7) is 3.81. The third-order valence-electron chi connectivity index (χ3n) is 5.12. The van der Waals surface area contributed by atoms with Crippen LogP contribution in [0.15, 0.2) is 35.1 Å². The van der Waals surface area contributed by atoms with Gasteiger partial charge >= 0.3 is 0 Å². The molecule has 1 aromatic carbocycles. The number of benzene rings is 1. The van der Waals surface area contributed by atoms with E-state index in [1.165, 1.54) is 6.33 Å². The van der Waals surface area contributed by atoms with E-state index in [2.05, 4.69) is 25.3 Å². The summed E-state index contributed by atoms with van der Waals surface area (Å²) >= 11 is 0. The molecule has 0 bridgehead atoms. The molecule has 28 heavy (non-hydrogen) atoms. The van der Waals surface area contributed by atoms with Crippen LogP contribution in [-0.2, 0) is 11.3 Å². The first-order valence-electron chi connectivity index (χ1n) is 9.38. The Morgan fingerprint density at radius 2 is 2.29 bits per heavy atom. The maximum atomic E-state index is 12.8. The van der Waals surface area contributed by atoms with Crippen LogP contribution in [0.1, 0.15) is 24.1 Å². The van der Waals surface area contributed by atoms with Crippen LogP contribution in [-0.4, -0.2) is 41.2 Å². The van der Waals surface area contributed by atoms with Crippen LogP contribution < -0.4 is 15.0 Å². The van der Waals surface area contributed by atoms with E-state index in [0.29, 0.717) is 18.8 Å². The Hall–Kier alpha value is -3.16. The number of fused-ring (bicyclic) bond motifs is 1. The molecule has 1 amide bonds. The number of rotatable bonds is 5. The molecule has 0 unspecified atom stereocenters. The Morgan fingerprint density at radius 1 is 1.39 bits per heavy atom. The number of amides is 1. The Kier molecular flexibility index (Phi) is 5.10. The number of aromatic nitrogens is 3. The van der Waals surface area contributed by atoms with Gasteiger partial charge in [-0.1, -0.05) is 17.3 Å². The average molecular weight is 381 g/mol. The topological polar surface area (TPSA) is 93.4 Å². The number of hydrogen-bond donors (Lipinski definition) is 1. The number of aryl methyl sites for hydroxylation is 1. The van der Waals surface area contributed by atoms with Gasteiger partial charge in [-0.25, -0.2) is 4.98 Å². The quantitative estimate of drug-likeness (QED) is 0.725. The molecule has 2 aromatic heterocycles. The van der Waals surface area contributed by atoms with Crippen molar-refractivity contribution < 1.29 is 14.1 Å². The normalized spacial score (nSPS) is 16.9. The number of ether oxygens (including phenoxy) is 1. The Bertz CT molecular complexity index is 987. The molecule has 1 saturated heterocycles. The summed E-state index contributed by atoms with van der Waals surface area (Å²) in [7, 11) is 1.63. The van der Waals surface area contributed by atoms with E-state index in [4.69, 9.17) is 9.26 Å². The van der Waals surface area contributed by atoms with Crippen LogP contribution >= 0.6 is 0 Å². The molecule has 1 N–H and O–H groups in total. The number of methoxy groups -OCH3 is 1. The second-order valence-electron chi connectivity index (χ2n) is 7.00. The number of carbonyl (C=O) groups is 1. The summed E-state index contributed by atoms with van der Waals surface area (Å²) in [4.78, 5) is 23.5. The molecule has 0 radical (unpaired) electrons. The molecule has 146 valence electrons. The van der Waals surface area contributed by atoms with Crippen molar-refractivity contribution in [2.75, 3.05) is 25.1 Å². The van der Waals surface area contributed by atoms with Crippen LogP contribution in [0.3, 0.4) is 0 Å². The molecule has 8 nitrogen and oxygen atoms in total. The van der Waals surface area contributed by atoms with Crippen molar-refractivity contribution in [2.45, 2.75) is 26.3 Å². The molecule has 8 heteroatoms. The summed E-state index contributed by atoms with van der Waals surface area (Å²) < 4.78 is 10.5. The standard InChI is InChI=1S/C20H23N5O3/c1-13-17-18(22-12-23-20(17)28-24-13)25-8-4-6-15(11-25)19(26)21-10-14-5-3-7-16(9-14)27-2/h3,5,7,9,12,15H,4,6,8,10-11H2,1-2H3,(H,21,26)/t15-/m1/s1. The Morgan fingerprint density at radius 3 is 3.14 bits per heavy atom. The van der Waals surface area contributed by atoms with Crippen molar-refractivity contribution in [2.24, 2.45) is 5.92 Å². The highest BCUT2D eigenvalue weighted by Crippen LogP contribution is 2.29. The molecular formula is C20H23N5O3. The highest BCUT2D eigenvalue weighted by Gasteiger charge is 2.28. The van der Waals surface area contributed by atoms with Crippen LogP contribution in [0.5, 0.6) is 5.75 Å². The van der Waals surface area contributed by atoms with Crippen molar-refractivity contribution in [3.8, 4) is 5.75 Å². The number of carbonyl (C=O) groups excluding carboxylic acids is 1. The van der Waals surface area contributed by atoms with E-state index in [1.807, 2.05) is 31.2 Å². The molecule has 1 aliphatic heterocycles. The predicted molar refractivity (Wildman–Crippen MR) is 104 cm³/mol. The minimum absolute atomic E-state index is 0.0554. The van der Waals surface area contributed by atoms with Crippen molar-refractivity contribution in [3.63, 3.8) is 0 Å². The summed E-state index contributed by atoms with van der Waals surface area (Å²) in [5.74, 6) is 1.53. The number of piperidine rings is 1. The van der Waals surface area contributed by atoms with Crippen molar-refractivity contribution in [1.29, 1.82) is 0 Å². The minimum Gasteiger partial charge on any atom is -0.497 e. The number of nitrogens with zero attached hydrogens (tertiary/aromatic N) is 4. The zero-order chi connectivity index (χ0) is 19.5. The average Bonchev–Trinajstić information content (AvgIpc) is 3.13. The van der Waals surface area contributed by atoms with E-state index in [0.717, 1.165) is 47.6 Å². The monoisotopic (exact) mass is 381 g/mol. The predicted octanol–water partition coefficient (Wildman–Crippen LogP) is 2.47. The largest absolute Gasteiger partial charge is 0.497 e. The van der Waals surface area contributed by atoms with Crippen LogP contribution in [0, 0.1) is 12.8 Å². The van der Waals surface area contributed by atoms with Crippen molar-refractivity contribution >= 4 is 22.8 Å². The number of hydrogen-bond acceptors (Lipinski definition) is 7. The third kappa shape index (κ3) is 3.62. The molecule has 1 atom stereocenters. The number of anilines is 1. The van der Waals surface area contributed by atoms with E-state index in [1.54, 1.807) is 7.11 Å². The first-order chi connectivity index (χ1) is 13.7. The van der Waals surface area contributed by atoms with Crippen molar-refractivity contribution in [1.82, 2.24) is 20.4 Å². The molecule has 3 heterocycles. The molecule has 1 fully saturated rings.